The summed E-state index contributed by atoms with van der Waals surface area (Å²) in [6.07, 6.45) is 3.26. The van der Waals surface area contributed by atoms with Crippen LogP contribution in [0.2, 0.25) is 0 Å². The van der Waals surface area contributed by atoms with E-state index in [4.69, 9.17) is 4.42 Å². The van der Waals surface area contributed by atoms with Gasteiger partial charge in [-0.05, 0) is 43.4 Å². The number of hydrogen-bond donors (Lipinski definition) is 0. The molecule has 100 valence electrons. The van der Waals surface area contributed by atoms with Crippen molar-refractivity contribution in [1.29, 1.82) is 0 Å². The molecule has 1 aliphatic carbocycles. The average molecular weight is 256 g/mol. The highest BCUT2D eigenvalue weighted by molar-refractivity contribution is 5.99. The van der Waals surface area contributed by atoms with Crippen LogP contribution in [-0.2, 0) is 0 Å². The summed E-state index contributed by atoms with van der Waals surface area (Å²) in [7, 11) is 0. The van der Waals surface area contributed by atoms with Gasteiger partial charge >= 0.3 is 0 Å². The van der Waals surface area contributed by atoms with Gasteiger partial charge in [0.25, 0.3) is 0 Å². The van der Waals surface area contributed by atoms with Gasteiger partial charge in [0.2, 0.25) is 5.78 Å². The molecule has 2 heteroatoms. The molecule has 0 bridgehead atoms. The minimum atomic E-state index is 0.103. The zero-order valence-corrected chi connectivity index (χ0v) is 11.8. The van der Waals surface area contributed by atoms with Gasteiger partial charge in [-0.2, -0.15) is 0 Å². The van der Waals surface area contributed by atoms with Crippen molar-refractivity contribution < 1.29 is 9.21 Å². The lowest BCUT2D eigenvalue weighted by molar-refractivity contribution is 0.0812. The Morgan fingerprint density at radius 1 is 1.32 bits per heavy atom. The standard InChI is InChI=1S/C17H20O2/c1-11-6-7-14-12(9-11)10-15(19-14)16(18)13-5-4-8-17(13,2)3/h6-7,9-10,13H,4-5,8H2,1-3H3. The van der Waals surface area contributed by atoms with E-state index in [1.54, 1.807) is 0 Å². The van der Waals surface area contributed by atoms with Gasteiger partial charge in [-0.3, -0.25) is 4.79 Å². The number of furan rings is 1. The second-order valence-electron chi connectivity index (χ2n) is 6.45. The van der Waals surface area contributed by atoms with Crippen molar-refractivity contribution in [2.45, 2.75) is 40.0 Å². The summed E-state index contributed by atoms with van der Waals surface area (Å²) in [5.41, 5.74) is 2.10. The van der Waals surface area contributed by atoms with Crippen molar-refractivity contribution in [3.63, 3.8) is 0 Å². The molecule has 1 unspecified atom stereocenters. The van der Waals surface area contributed by atoms with Crippen LogP contribution in [0.25, 0.3) is 11.0 Å². The molecule has 0 aliphatic heterocycles. The fourth-order valence-electron chi connectivity index (χ4n) is 3.27. The third kappa shape index (κ3) is 2.09. The highest BCUT2D eigenvalue weighted by Crippen LogP contribution is 2.44. The molecular weight excluding hydrogens is 236 g/mol. The Balaban J connectivity index is 1.98. The quantitative estimate of drug-likeness (QED) is 0.726. The number of carbonyl (C=O) groups excluding carboxylic acids is 1. The van der Waals surface area contributed by atoms with Crippen molar-refractivity contribution >= 4 is 16.8 Å². The Morgan fingerprint density at radius 3 is 2.79 bits per heavy atom. The highest BCUT2D eigenvalue weighted by Gasteiger charge is 2.40. The fourth-order valence-corrected chi connectivity index (χ4v) is 3.27. The van der Waals surface area contributed by atoms with E-state index >= 15 is 0 Å². The smallest absolute Gasteiger partial charge is 0.201 e. The van der Waals surface area contributed by atoms with E-state index in [0.717, 1.165) is 30.2 Å². The second-order valence-corrected chi connectivity index (χ2v) is 6.45. The molecule has 0 spiro atoms. The monoisotopic (exact) mass is 256 g/mol. The molecule has 1 heterocycles. The largest absolute Gasteiger partial charge is 0.453 e. The number of ketones is 1. The molecule has 2 nitrogen and oxygen atoms in total. The summed E-state index contributed by atoms with van der Waals surface area (Å²) in [5, 5.41) is 1.03. The molecule has 0 N–H and O–H groups in total. The van der Waals surface area contributed by atoms with E-state index in [2.05, 4.69) is 19.9 Å². The third-order valence-electron chi connectivity index (χ3n) is 4.49. The lowest BCUT2D eigenvalue weighted by atomic mass is 9.79. The summed E-state index contributed by atoms with van der Waals surface area (Å²) in [4.78, 5) is 12.6. The highest BCUT2D eigenvalue weighted by atomic mass is 16.3. The van der Waals surface area contributed by atoms with Crippen LogP contribution in [0, 0.1) is 18.3 Å². The van der Waals surface area contributed by atoms with Gasteiger partial charge in [0.1, 0.15) is 5.58 Å². The molecule has 0 amide bonds. The number of carbonyl (C=O) groups is 1. The molecule has 0 radical (unpaired) electrons. The van der Waals surface area contributed by atoms with Crippen LogP contribution >= 0.6 is 0 Å². The van der Waals surface area contributed by atoms with Crippen LogP contribution in [0.1, 0.15) is 49.2 Å². The summed E-state index contributed by atoms with van der Waals surface area (Å²) < 4.78 is 5.74. The topological polar surface area (TPSA) is 30.2 Å². The number of fused-ring (bicyclic) bond motifs is 1. The zero-order valence-electron chi connectivity index (χ0n) is 11.8. The first-order chi connectivity index (χ1) is 8.97. The summed E-state index contributed by atoms with van der Waals surface area (Å²) >= 11 is 0. The predicted octanol–water partition coefficient (Wildman–Crippen LogP) is 4.75. The Morgan fingerprint density at radius 2 is 2.11 bits per heavy atom. The van der Waals surface area contributed by atoms with Crippen LogP contribution < -0.4 is 0 Å². The van der Waals surface area contributed by atoms with Gasteiger partial charge < -0.3 is 4.42 Å². The molecular formula is C17H20O2. The first-order valence-electron chi connectivity index (χ1n) is 7.02. The lowest BCUT2D eigenvalue weighted by Gasteiger charge is -2.24. The summed E-state index contributed by atoms with van der Waals surface area (Å²) in [6.45, 7) is 6.43. The maximum atomic E-state index is 12.6. The molecule has 2 aromatic rings. The number of aryl methyl sites for hydroxylation is 1. The molecule has 3 rings (SSSR count). The number of benzene rings is 1. The zero-order chi connectivity index (χ0) is 13.6. The van der Waals surface area contributed by atoms with Gasteiger partial charge in [0, 0.05) is 11.3 Å². The summed E-state index contributed by atoms with van der Waals surface area (Å²) in [5.74, 6) is 0.811. The fraction of sp³-hybridized carbons (Fsp3) is 0.471. The van der Waals surface area contributed by atoms with Gasteiger partial charge in [-0.15, -0.1) is 0 Å². The van der Waals surface area contributed by atoms with Crippen LogP contribution in [-0.4, -0.2) is 5.78 Å². The predicted molar refractivity (Wildman–Crippen MR) is 76.4 cm³/mol. The van der Waals surface area contributed by atoms with Crippen LogP contribution in [0.4, 0.5) is 0 Å². The van der Waals surface area contributed by atoms with Crippen LogP contribution in [0.5, 0.6) is 0 Å². The Hall–Kier alpha value is -1.57. The van der Waals surface area contributed by atoms with Crippen molar-refractivity contribution in [2.24, 2.45) is 11.3 Å². The van der Waals surface area contributed by atoms with Crippen molar-refractivity contribution in [2.75, 3.05) is 0 Å². The third-order valence-corrected chi connectivity index (χ3v) is 4.49. The van der Waals surface area contributed by atoms with Crippen LogP contribution in [0.15, 0.2) is 28.7 Å². The maximum absolute atomic E-state index is 12.6. The van der Waals surface area contributed by atoms with Gasteiger partial charge in [0.05, 0.1) is 0 Å². The first-order valence-corrected chi connectivity index (χ1v) is 7.02. The van der Waals surface area contributed by atoms with E-state index in [0.29, 0.717) is 5.76 Å². The van der Waals surface area contributed by atoms with E-state index in [1.165, 1.54) is 5.56 Å². The second kappa shape index (κ2) is 4.22. The molecule has 19 heavy (non-hydrogen) atoms. The molecule has 1 aromatic carbocycles. The van der Waals surface area contributed by atoms with Gasteiger partial charge in [0.15, 0.2) is 5.76 Å². The normalized spacial score (nSPS) is 21.9. The Bertz CT molecular complexity index is 634. The minimum Gasteiger partial charge on any atom is -0.453 e. The number of hydrogen-bond acceptors (Lipinski definition) is 2. The Kier molecular flexibility index (Phi) is 2.77. The first kappa shape index (κ1) is 12.5. The van der Waals surface area contributed by atoms with Crippen LogP contribution in [0.3, 0.4) is 0 Å². The minimum absolute atomic E-state index is 0.103. The Labute approximate surface area is 113 Å². The maximum Gasteiger partial charge on any atom is 0.201 e. The van der Waals surface area contributed by atoms with Crippen molar-refractivity contribution in [3.05, 3.63) is 35.6 Å². The molecule has 1 aliphatic rings. The van der Waals surface area contributed by atoms with E-state index in [9.17, 15) is 4.79 Å². The number of Topliss-reactive ketones (excluding diaryl/α,β-unsaturated/α-hetero) is 1. The molecule has 1 atom stereocenters. The molecule has 1 aromatic heterocycles. The van der Waals surface area contributed by atoms with E-state index in [-0.39, 0.29) is 17.1 Å². The molecule has 1 fully saturated rings. The van der Waals surface area contributed by atoms with Crippen molar-refractivity contribution in [3.8, 4) is 0 Å². The van der Waals surface area contributed by atoms with Gasteiger partial charge in [-0.25, -0.2) is 0 Å². The van der Waals surface area contributed by atoms with Gasteiger partial charge in [-0.1, -0.05) is 31.9 Å². The SMILES string of the molecule is Cc1ccc2oc(C(=O)C3CCCC3(C)C)cc2c1. The van der Waals surface area contributed by atoms with Crippen molar-refractivity contribution in [1.82, 2.24) is 0 Å². The van der Waals surface area contributed by atoms with E-state index in [1.807, 2.05) is 25.1 Å². The molecule has 0 saturated heterocycles. The summed E-state index contributed by atoms with van der Waals surface area (Å²) in [6, 6.07) is 7.93. The lowest BCUT2D eigenvalue weighted by Crippen LogP contribution is -2.25. The van der Waals surface area contributed by atoms with E-state index < -0.39 is 0 Å². The number of rotatable bonds is 2. The molecule has 1 saturated carbocycles. The average Bonchev–Trinajstić information content (AvgIpc) is 2.90.